The molecule has 0 aliphatic rings. The Hall–Kier alpha value is -1.03. The summed E-state index contributed by atoms with van der Waals surface area (Å²) in [5.74, 6) is 0.858. The second-order valence-electron chi connectivity index (χ2n) is 4.30. The van der Waals surface area contributed by atoms with Crippen LogP contribution in [0, 0.1) is 5.92 Å². The number of nitrogens with one attached hydrogen (secondary N) is 1. The Bertz CT molecular complexity index is 236. The van der Waals surface area contributed by atoms with Gasteiger partial charge in [0, 0.05) is 12.5 Å². The Morgan fingerprint density at radius 3 is 2.56 bits per heavy atom. The van der Waals surface area contributed by atoms with Crippen LogP contribution in [-0.4, -0.2) is 18.4 Å². The lowest BCUT2D eigenvalue weighted by Crippen LogP contribution is -2.34. The summed E-state index contributed by atoms with van der Waals surface area (Å²) in [7, 11) is 0. The highest BCUT2D eigenvalue weighted by molar-refractivity contribution is 5.85. The van der Waals surface area contributed by atoms with Crippen LogP contribution in [0.15, 0.2) is 11.9 Å². The molecule has 0 aromatic heterocycles. The molecule has 0 bridgehead atoms. The van der Waals surface area contributed by atoms with Gasteiger partial charge in [-0.1, -0.05) is 20.8 Å². The zero-order valence-electron chi connectivity index (χ0n) is 10.6. The van der Waals surface area contributed by atoms with Gasteiger partial charge in [-0.25, -0.2) is 0 Å². The summed E-state index contributed by atoms with van der Waals surface area (Å²) in [5, 5.41) is 3.08. The van der Waals surface area contributed by atoms with Crippen LogP contribution in [0.4, 0.5) is 0 Å². The summed E-state index contributed by atoms with van der Waals surface area (Å²) in [6.07, 6.45) is 4.42. The molecule has 0 heterocycles. The molecule has 0 radical (unpaired) electrons. The van der Waals surface area contributed by atoms with Crippen molar-refractivity contribution in [3.8, 4) is 0 Å². The first-order chi connectivity index (χ1) is 7.49. The van der Waals surface area contributed by atoms with Gasteiger partial charge in [-0.2, -0.15) is 0 Å². The molecule has 4 nitrogen and oxygen atoms in total. The molecule has 0 aromatic carbocycles. The summed E-state index contributed by atoms with van der Waals surface area (Å²) in [4.78, 5) is 11.5. The zero-order valence-corrected chi connectivity index (χ0v) is 10.6. The molecule has 0 saturated carbocycles. The van der Waals surface area contributed by atoms with E-state index in [0.717, 1.165) is 19.4 Å². The molecule has 4 heteroatoms. The molecular weight excluding hydrogens is 202 g/mol. The van der Waals surface area contributed by atoms with Crippen molar-refractivity contribution in [3.05, 3.63) is 11.9 Å². The lowest BCUT2D eigenvalue weighted by molar-refractivity contribution is -0.123. The SMILES string of the molecule is CC/C=C(\N)NCCCC(N)C(=O)C(C)C. The fourth-order valence-electron chi connectivity index (χ4n) is 1.42. The maximum absolute atomic E-state index is 11.5. The molecule has 1 unspecified atom stereocenters. The number of carbonyl (C=O) groups excluding carboxylic acids is 1. The van der Waals surface area contributed by atoms with E-state index in [1.54, 1.807) is 0 Å². The van der Waals surface area contributed by atoms with Gasteiger partial charge in [0.2, 0.25) is 0 Å². The normalized spacial score (nSPS) is 13.9. The summed E-state index contributed by atoms with van der Waals surface area (Å²) in [5.41, 5.74) is 11.4. The third kappa shape index (κ3) is 6.45. The van der Waals surface area contributed by atoms with Crippen LogP contribution in [0.5, 0.6) is 0 Å². The molecule has 0 aliphatic carbocycles. The Morgan fingerprint density at radius 2 is 2.06 bits per heavy atom. The lowest BCUT2D eigenvalue weighted by Gasteiger charge is -2.13. The molecule has 1 atom stereocenters. The van der Waals surface area contributed by atoms with E-state index >= 15 is 0 Å². The number of nitrogens with two attached hydrogens (primary N) is 2. The predicted molar refractivity (Wildman–Crippen MR) is 67.6 cm³/mol. The first-order valence-electron chi connectivity index (χ1n) is 5.97. The summed E-state index contributed by atoms with van der Waals surface area (Å²) < 4.78 is 0. The molecule has 0 aliphatic heterocycles. The van der Waals surface area contributed by atoms with Gasteiger partial charge in [-0.05, 0) is 25.3 Å². The molecular formula is C12H25N3O. The Kier molecular flexibility index (Phi) is 7.64. The Morgan fingerprint density at radius 1 is 1.44 bits per heavy atom. The number of hydrogen-bond donors (Lipinski definition) is 3. The van der Waals surface area contributed by atoms with Crippen LogP contribution < -0.4 is 16.8 Å². The van der Waals surface area contributed by atoms with Gasteiger partial charge in [0.05, 0.1) is 11.9 Å². The molecule has 0 aromatic rings. The van der Waals surface area contributed by atoms with Crippen molar-refractivity contribution < 1.29 is 4.79 Å². The van der Waals surface area contributed by atoms with Gasteiger partial charge in [-0.3, -0.25) is 4.79 Å². The van der Waals surface area contributed by atoms with E-state index in [4.69, 9.17) is 11.5 Å². The molecule has 0 fully saturated rings. The molecule has 0 rings (SSSR count). The zero-order chi connectivity index (χ0) is 12.6. The second-order valence-corrected chi connectivity index (χ2v) is 4.30. The number of rotatable bonds is 8. The lowest BCUT2D eigenvalue weighted by atomic mass is 9.99. The van der Waals surface area contributed by atoms with E-state index < -0.39 is 0 Å². The van der Waals surface area contributed by atoms with Gasteiger partial charge >= 0.3 is 0 Å². The van der Waals surface area contributed by atoms with Crippen LogP contribution in [0.2, 0.25) is 0 Å². The van der Waals surface area contributed by atoms with E-state index in [-0.39, 0.29) is 17.7 Å². The molecule has 94 valence electrons. The minimum atomic E-state index is -0.335. The van der Waals surface area contributed by atoms with E-state index in [0.29, 0.717) is 12.2 Å². The first kappa shape index (κ1) is 15.0. The highest BCUT2D eigenvalue weighted by Crippen LogP contribution is 2.03. The highest BCUT2D eigenvalue weighted by atomic mass is 16.1. The fraction of sp³-hybridized carbons (Fsp3) is 0.750. The van der Waals surface area contributed by atoms with Crippen molar-refractivity contribution in [3.63, 3.8) is 0 Å². The van der Waals surface area contributed by atoms with Crippen molar-refractivity contribution in [1.82, 2.24) is 5.32 Å². The van der Waals surface area contributed by atoms with Gasteiger partial charge in [-0.15, -0.1) is 0 Å². The van der Waals surface area contributed by atoms with Crippen molar-refractivity contribution >= 4 is 5.78 Å². The van der Waals surface area contributed by atoms with Crippen LogP contribution in [0.25, 0.3) is 0 Å². The van der Waals surface area contributed by atoms with Crippen LogP contribution in [-0.2, 0) is 4.79 Å². The molecule has 16 heavy (non-hydrogen) atoms. The standard InChI is InChI=1S/C12H25N3O/c1-4-6-11(14)15-8-5-7-10(13)12(16)9(2)3/h6,9-10,15H,4-5,7-8,13-14H2,1-3H3/b11-6+. The van der Waals surface area contributed by atoms with Crippen LogP contribution in [0.1, 0.15) is 40.0 Å². The van der Waals surface area contributed by atoms with Crippen molar-refractivity contribution in [2.45, 2.75) is 46.1 Å². The quantitative estimate of drug-likeness (QED) is 0.543. The summed E-state index contributed by atoms with van der Waals surface area (Å²) >= 11 is 0. The van der Waals surface area contributed by atoms with E-state index in [1.807, 2.05) is 26.8 Å². The minimum absolute atomic E-state index is 0.0213. The number of allylic oxidation sites excluding steroid dienone is 1. The summed E-state index contributed by atoms with van der Waals surface area (Å²) in [6.45, 7) is 6.55. The molecule has 0 spiro atoms. The molecule has 5 N–H and O–H groups in total. The largest absolute Gasteiger partial charge is 0.386 e. The first-order valence-corrected chi connectivity index (χ1v) is 5.97. The van der Waals surface area contributed by atoms with E-state index in [2.05, 4.69) is 5.32 Å². The topological polar surface area (TPSA) is 81.1 Å². The molecule has 0 amide bonds. The monoisotopic (exact) mass is 227 g/mol. The van der Waals surface area contributed by atoms with Gasteiger partial charge < -0.3 is 16.8 Å². The fourth-order valence-corrected chi connectivity index (χ4v) is 1.42. The van der Waals surface area contributed by atoms with E-state index in [9.17, 15) is 4.79 Å². The van der Waals surface area contributed by atoms with Gasteiger partial charge in [0.25, 0.3) is 0 Å². The maximum atomic E-state index is 11.5. The summed E-state index contributed by atoms with van der Waals surface area (Å²) in [6, 6.07) is -0.335. The van der Waals surface area contributed by atoms with E-state index in [1.165, 1.54) is 0 Å². The Balaban J connectivity index is 3.67. The maximum Gasteiger partial charge on any atom is 0.152 e. The van der Waals surface area contributed by atoms with Crippen LogP contribution >= 0.6 is 0 Å². The third-order valence-corrected chi connectivity index (χ3v) is 2.38. The smallest absolute Gasteiger partial charge is 0.152 e. The van der Waals surface area contributed by atoms with Crippen molar-refractivity contribution in [2.24, 2.45) is 17.4 Å². The van der Waals surface area contributed by atoms with Crippen molar-refractivity contribution in [1.29, 1.82) is 0 Å². The van der Waals surface area contributed by atoms with Gasteiger partial charge in [0.1, 0.15) is 0 Å². The second kappa shape index (κ2) is 8.16. The molecule has 0 saturated heterocycles. The Labute approximate surface area is 98.5 Å². The number of Topliss-reactive ketones (excluding diaryl/α,β-unsaturated/α-hetero) is 1. The number of ketones is 1. The third-order valence-electron chi connectivity index (χ3n) is 2.38. The van der Waals surface area contributed by atoms with Crippen LogP contribution in [0.3, 0.4) is 0 Å². The minimum Gasteiger partial charge on any atom is -0.386 e. The number of hydrogen-bond acceptors (Lipinski definition) is 4. The predicted octanol–water partition coefficient (Wildman–Crippen LogP) is 1.12. The average molecular weight is 227 g/mol. The highest BCUT2D eigenvalue weighted by Gasteiger charge is 2.15. The average Bonchev–Trinajstić information content (AvgIpc) is 2.23. The number of carbonyl (C=O) groups is 1. The van der Waals surface area contributed by atoms with Gasteiger partial charge in [0.15, 0.2) is 5.78 Å². The van der Waals surface area contributed by atoms with Crippen molar-refractivity contribution in [2.75, 3.05) is 6.54 Å².